The number of fused-ring (bicyclic) bond motifs is 1. The Labute approximate surface area is 257 Å². The van der Waals surface area contributed by atoms with Crippen LogP contribution in [0.25, 0.3) is 5.69 Å². The van der Waals surface area contributed by atoms with E-state index in [-0.39, 0.29) is 18.0 Å². The van der Waals surface area contributed by atoms with Crippen LogP contribution in [0.5, 0.6) is 0 Å². The molecule has 230 valence electrons. The maximum atomic E-state index is 14.3. The number of para-hydroxylation sites is 1. The van der Waals surface area contributed by atoms with Crippen LogP contribution in [0.15, 0.2) is 90.5 Å². The molecule has 6 rings (SSSR count). The van der Waals surface area contributed by atoms with Gasteiger partial charge in [-0.15, -0.1) is 0 Å². The Hall–Kier alpha value is -5.19. The van der Waals surface area contributed by atoms with E-state index >= 15 is 0 Å². The minimum atomic E-state index is -4.64. The number of nitrogens with zero attached hydrogens (tertiary/aromatic N) is 3. The van der Waals surface area contributed by atoms with Crippen molar-refractivity contribution in [2.24, 2.45) is 0 Å². The second-order valence-electron chi connectivity index (χ2n) is 11.0. The van der Waals surface area contributed by atoms with Gasteiger partial charge in [0.15, 0.2) is 0 Å². The van der Waals surface area contributed by atoms with E-state index in [9.17, 15) is 27.6 Å². The minimum absolute atomic E-state index is 0.210. The van der Waals surface area contributed by atoms with E-state index in [4.69, 9.17) is 5.10 Å². The van der Waals surface area contributed by atoms with E-state index < -0.39 is 35.5 Å². The van der Waals surface area contributed by atoms with Gasteiger partial charge in [-0.25, -0.2) is 4.68 Å². The number of likely N-dealkylation sites (N-methyl/N-ethyl adjacent to an activating group) is 1. The molecule has 2 atom stereocenters. The van der Waals surface area contributed by atoms with E-state index in [1.54, 1.807) is 35.9 Å². The molecule has 1 aliphatic carbocycles. The molecule has 0 saturated heterocycles. The zero-order valence-electron chi connectivity index (χ0n) is 24.6. The molecule has 3 amide bonds. The number of aryl methyl sites for hydroxylation is 1. The van der Waals surface area contributed by atoms with E-state index in [0.29, 0.717) is 40.3 Å². The van der Waals surface area contributed by atoms with Gasteiger partial charge in [0.05, 0.1) is 16.9 Å². The molecule has 2 heterocycles. The molecule has 2 N–H and O–H groups in total. The summed E-state index contributed by atoms with van der Waals surface area (Å²) in [4.78, 5) is 42.1. The smallest absolute Gasteiger partial charge is 0.339 e. The van der Waals surface area contributed by atoms with E-state index in [0.717, 1.165) is 30.3 Å². The Morgan fingerprint density at radius 1 is 0.978 bits per heavy atom. The van der Waals surface area contributed by atoms with Crippen LogP contribution in [-0.4, -0.2) is 40.1 Å². The predicted octanol–water partition coefficient (Wildman–Crippen LogP) is 6.16. The van der Waals surface area contributed by atoms with Crippen LogP contribution < -0.4 is 15.5 Å². The number of amides is 3. The maximum absolute atomic E-state index is 14.3. The SMILES string of the molecule is CCN1C(=O)[C@@H](NC(=O)c2cccc(C(F)(F)F)c2)[C@@H](c2cccc(NC(=O)C3=CCC3)c2)c2c(C)nn(-c3ccccc3)c21. The predicted molar refractivity (Wildman–Crippen MR) is 163 cm³/mol. The number of alkyl halides is 3. The zero-order chi connectivity index (χ0) is 31.9. The standard InChI is InChI=1S/C34H30F3N5O3/c1-3-41-32-27(20(2)40-42(32)26-16-5-4-6-17-26)28(22-12-9-15-25(19-22)38-30(43)21-10-7-11-21)29(33(41)45)39-31(44)23-13-8-14-24(18-23)34(35,36)37/h4-6,8-10,12-19,28-29H,3,7,11H2,1-2H3,(H,38,43)(H,39,44)/t28-,29-/m0/s1. The maximum Gasteiger partial charge on any atom is 0.416 e. The van der Waals surface area contributed by atoms with Crippen LogP contribution in [0.3, 0.4) is 0 Å². The Kier molecular flexibility index (Phi) is 7.78. The number of carbonyl (C=O) groups is 3. The molecule has 0 radical (unpaired) electrons. The van der Waals surface area contributed by atoms with Crippen LogP contribution >= 0.6 is 0 Å². The highest BCUT2D eigenvalue weighted by atomic mass is 19.4. The summed E-state index contributed by atoms with van der Waals surface area (Å²) in [5.41, 5.74) is 2.64. The first kappa shape index (κ1) is 29.9. The molecule has 1 aromatic heterocycles. The lowest BCUT2D eigenvalue weighted by molar-refractivity contribution is -0.137. The zero-order valence-corrected chi connectivity index (χ0v) is 24.6. The molecule has 11 heteroatoms. The summed E-state index contributed by atoms with van der Waals surface area (Å²) in [6, 6.07) is 19.3. The molecule has 45 heavy (non-hydrogen) atoms. The van der Waals surface area contributed by atoms with Gasteiger partial charge in [0.25, 0.3) is 17.7 Å². The van der Waals surface area contributed by atoms with E-state index in [1.807, 2.05) is 43.3 Å². The molecular formula is C34H30F3N5O3. The number of benzene rings is 3. The summed E-state index contributed by atoms with van der Waals surface area (Å²) in [5, 5.41) is 10.5. The molecule has 0 unspecified atom stereocenters. The highest BCUT2D eigenvalue weighted by Crippen LogP contribution is 2.44. The third-order valence-corrected chi connectivity index (χ3v) is 8.17. The fourth-order valence-electron chi connectivity index (χ4n) is 5.87. The van der Waals surface area contributed by atoms with Gasteiger partial charge in [-0.05, 0) is 74.7 Å². The van der Waals surface area contributed by atoms with Crippen molar-refractivity contribution in [1.82, 2.24) is 15.1 Å². The fourth-order valence-corrected chi connectivity index (χ4v) is 5.87. The normalized spacial score (nSPS) is 17.7. The van der Waals surface area contributed by atoms with Crippen molar-refractivity contribution in [3.8, 4) is 5.69 Å². The molecule has 8 nitrogen and oxygen atoms in total. The lowest BCUT2D eigenvalue weighted by Crippen LogP contribution is -2.55. The molecule has 0 saturated carbocycles. The van der Waals surface area contributed by atoms with Crippen LogP contribution in [0.2, 0.25) is 0 Å². The number of halogens is 3. The van der Waals surface area contributed by atoms with Crippen molar-refractivity contribution in [1.29, 1.82) is 0 Å². The second-order valence-corrected chi connectivity index (χ2v) is 11.0. The molecule has 0 fully saturated rings. The first-order valence-electron chi connectivity index (χ1n) is 14.6. The number of anilines is 2. The lowest BCUT2D eigenvalue weighted by Gasteiger charge is -2.38. The summed E-state index contributed by atoms with van der Waals surface area (Å²) in [6.45, 7) is 3.86. The minimum Gasteiger partial charge on any atom is -0.339 e. The van der Waals surface area contributed by atoms with E-state index in [2.05, 4.69) is 10.6 Å². The average molecular weight is 614 g/mol. The Balaban J connectivity index is 1.47. The number of aromatic nitrogens is 2. The molecule has 0 bridgehead atoms. The number of rotatable bonds is 7. The first-order chi connectivity index (χ1) is 21.6. The van der Waals surface area contributed by atoms with Crippen molar-refractivity contribution in [3.63, 3.8) is 0 Å². The monoisotopic (exact) mass is 613 g/mol. The van der Waals surface area contributed by atoms with Gasteiger partial charge >= 0.3 is 6.18 Å². The summed E-state index contributed by atoms with van der Waals surface area (Å²) in [5.74, 6) is -1.71. The van der Waals surface area contributed by atoms with Gasteiger partial charge in [0, 0.05) is 34.9 Å². The Bertz CT molecular complexity index is 1830. The van der Waals surface area contributed by atoms with E-state index in [1.165, 1.54) is 11.0 Å². The van der Waals surface area contributed by atoms with Gasteiger partial charge in [-0.2, -0.15) is 18.3 Å². The number of carbonyl (C=O) groups excluding carboxylic acids is 3. The van der Waals surface area contributed by atoms with Crippen LogP contribution in [0.1, 0.15) is 58.4 Å². The van der Waals surface area contributed by atoms with Crippen molar-refractivity contribution in [2.75, 3.05) is 16.8 Å². The second kappa shape index (κ2) is 11.7. The topological polar surface area (TPSA) is 96.3 Å². The summed E-state index contributed by atoms with van der Waals surface area (Å²) in [7, 11) is 0. The molecule has 0 spiro atoms. The average Bonchev–Trinajstić information content (AvgIpc) is 3.33. The third kappa shape index (κ3) is 5.61. The highest BCUT2D eigenvalue weighted by molar-refractivity contribution is 6.06. The summed E-state index contributed by atoms with van der Waals surface area (Å²) >= 11 is 0. The van der Waals surface area contributed by atoms with Crippen LogP contribution in [-0.2, 0) is 15.8 Å². The van der Waals surface area contributed by atoms with Crippen LogP contribution in [0, 0.1) is 6.92 Å². The van der Waals surface area contributed by atoms with Crippen molar-refractivity contribution < 1.29 is 27.6 Å². The quantitative estimate of drug-likeness (QED) is 0.261. The highest BCUT2D eigenvalue weighted by Gasteiger charge is 2.45. The lowest BCUT2D eigenvalue weighted by atomic mass is 9.80. The number of hydrogen-bond acceptors (Lipinski definition) is 4. The molecule has 3 aromatic carbocycles. The van der Waals surface area contributed by atoms with Crippen LogP contribution in [0.4, 0.5) is 24.7 Å². The van der Waals surface area contributed by atoms with Crippen molar-refractivity contribution in [2.45, 2.75) is 44.8 Å². The molecule has 2 aliphatic rings. The Morgan fingerprint density at radius 2 is 1.71 bits per heavy atom. The van der Waals surface area contributed by atoms with Gasteiger partial charge in [-0.1, -0.05) is 42.5 Å². The molecule has 1 aliphatic heterocycles. The van der Waals surface area contributed by atoms with Gasteiger partial charge in [-0.3, -0.25) is 19.3 Å². The number of hydrogen-bond donors (Lipinski definition) is 2. The first-order valence-corrected chi connectivity index (χ1v) is 14.6. The molecule has 4 aromatic rings. The molecular weight excluding hydrogens is 583 g/mol. The Morgan fingerprint density at radius 3 is 2.38 bits per heavy atom. The number of nitrogens with one attached hydrogen (secondary N) is 2. The fraction of sp³-hybridized carbons (Fsp3) is 0.235. The van der Waals surface area contributed by atoms with Gasteiger partial charge < -0.3 is 10.6 Å². The van der Waals surface area contributed by atoms with Crippen molar-refractivity contribution in [3.05, 3.63) is 118 Å². The largest absolute Gasteiger partial charge is 0.416 e. The third-order valence-electron chi connectivity index (χ3n) is 8.17. The van der Waals surface area contributed by atoms with Gasteiger partial charge in [0.1, 0.15) is 11.9 Å². The number of allylic oxidation sites excluding steroid dienone is 1. The van der Waals surface area contributed by atoms with Gasteiger partial charge in [0.2, 0.25) is 0 Å². The summed E-state index contributed by atoms with van der Waals surface area (Å²) in [6.07, 6.45) is -1.23. The summed E-state index contributed by atoms with van der Waals surface area (Å²) < 4.78 is 42.1. The van der Waals surface area contributed by atoms with Crippen molar-refractivity contribution >= 4 is 29.2 Å².